The zero-order valence-corrected chi connectivity index (χ0v) is 9.83. The molecule has 5 nitrogen and oxygen atoms in total. The van der Waals surface area contributed by atoms with Gasteiger partial charge in [-0.15, -0.1) is 0 Å². The van der Waals surface area contributed by atoms with E-state index in [1.165, 1.54) is 14.0 Å². The van der Waals surface area contributed by atoms with E-state index < -0.39 is 23.5 Å². The summed E-state index contributed by atoms with van der Waals surface area (Å²) in [4.78, 5) is 22.6. The summed E-state index contributed by atoms with van der Waals surface area (Å²) in [6, 6.07) is 0. The molecule has 1 atom stereocenters. The fourth-order valence-electron chi connectivity index (χ4n) is 0.620. The summed E-state index contributed by atoms with van der Waals surface area (Å²) in [5.74, 6) is -1.06. The molecule has 0 radical (unpaired) electrons. The van der Waals surface area contributed by atoms with Crippen LogP contribution >= 0.6 is 0 Å². The third kappa shape index (κ3) is 5.37. The lowest BCUT2D eigenvalue weighted by atomic mass is 9.97. The fraction of sp³-hybridized carbons (Fsp3) is 0.800. The van der Waals surface area contributed by atoms with Gasteiger partial charge in [0.25, 0.3) is 0 Å². The van der Waals surface area contributed by atoms with Gasteiger partial charge in [0.15, 0.2) is 12.9 Å². The molecule has 0 aromatic rings. The van der Waals surface area contributed by atoms with Crippen molar-refractivity contribution in [2.45, 2.75) is 33.8 Å². The molecule has 5 heteroatoms. The summed E-state index contributed by atoms with van der Waals surface area (Å²) in [6.45, 7) is 6.45. The van der Waals surface area contributed by atoms with Crippen LogP contribution in [0, 0.1) is 5.41 Å². The van der Waals surface area contributed by atoms with Gasteiger partial charge in [0.05, 0.1) is 5.41 Å². The largest absolute Gasteiger partial charge is 0.450 e. The van der Waals surface area contributed by atoms with E-state index in [9.17, 15) is 9.59 Å². The first-order chi connectivity index (χ1) is 6.79. The van der Waals surface area contributed by atoms with E-state index in [0.29, 0.717) is 0 Å². The van der Waals surface area contributed by atoms with E-state index in [4.69, 9.17) is 4.74 Å². The van der Waals surface area contributed by atoms with Gasteiger partial charge in [0, 0.05) is 7.11 Å². The Bertz CT molecular complexity index is 228. The Morgan fingerprint density at radius 1 is 1.27 bits per heavy atom. The number of carbonyl (C=O) groups is 2. The van der Waals surface area contributed by atoms with Crippen molar-refractivity contribution in [1.29, 1.82) is 0 Å². The maximum Gasteiger partial charge on any atom is 0.349 e. The van der Waals surface area contributed by atoms with Gasteiger partial charge < -0.3 is 14.2 Å². The highest BCUT2D eigenvalue weighted by Gasteiger charge is 2.27. The van der Waals surface area contributed by atoms with E-state index in [2.05, 4.69) is 9.47 Å². The molecule has 88 valence electrons. The molecule has 0 rings (SSSR count). The Kier molecular flexibility index (Phi) is 5.28. The summed E-state index contributed by atoms with van der Waals surface area (Å²) in [7, 11) is 1.40. The topological polar surface area (TPSA) is 61.8 Å². The average Bonchev–Trinajstić information content (AvgIpc) is 2.12. The summed E-state index contributed by atoms with van der Waals surface area (Å²) in [6.07, 6.45) is -0.910. The van der Waals surface area contributed by atoms with E-state index in [-0.39, 0.29) is 6.79 Å². The SMILES string of the molecule is COCOC(=O)C(C)OC(=O)C(C)(C)C. The van der Waals surface area contributed by atoms with Gasteiger partial charge in [0.1, 0.15) is 0 Å². The van der Waals surface area contributed by atoms with E-state index in [0.717, 1.165) is 0 Å². The van der Waals surface area contributed by atoms with Crippen LogP contribution in [0.2, 0.25) is 0 Å². The predicted octanol–water partition coefficient (Wildman–Crippen LogP) is 1.11. The molecule has 0 N–H and O–H groups in total. The van der Waals surface area contributed by atoms with Gasteiger partial charge in [0.2, 0.25) is 0 Å². The number of methoxy groups -OCH3 is 1. The second kappa shape index (κ2) is 5.70. The molecule has 0 aromatic carbocycles. The quantitative estimate of drug-likeness (QED) is 0.522. The normalized spacial score (nSPS) is 13.1. The molecule has 0 aliphatic carbocycles. The van der Waals surface area contributed by atoms with Crippen LogP contribution < -0.4 is 0 Å². The minimum atomic E-state index is -0.910. The number of hydrogen-bond acceptors (Lipinski definition) is 5. The van der Waals surface area contributed by atoms with E-state index >= 15 is 0 Å². The molecule has 1 unspecified atom stereocenters. The second-order valence-electron chi connectivity index (χ2n) is 4.17. The number of esters is 2. The van der Waals surface area contributed by atoms with Crippen LogP contribution in [0.1, 0.15) is 27.7 Å². The average molecular weight is 218 g/mol. The van der Waals surface area contributed by atoms with Gasteiger partial charge in [-0.25, -0.2) is 4.79 Å². The molecule has 0 saturated heterocycles. The molecule has 0 bridgehead atoms. The second-order valence-corrected chi connectivity index (χ2v) is 4.17. The Labute approximate surface area is 89.7 Å². The molecule has 0 aromatic heterocycles. The minimum Gasteiger partial charge on any atom is -0.450 e. The van der Waals surface area contributed by atoms with Crippen LogP contribution in [0.5, 0.6) is 0 Å². The third-order valence-corrected chi connectivity index (χ3v) is 1.55. The summed E-state index contributed by atoms with van der Waals surface area (Å²) < 4.78 is 14.1. The molecule has 15 heavy (non-hydrogen) atoms. The lowest BCUT2D eigenvalue weighted by molar-refractivity contribution is -0.177. The zero-order chi connectivity index (χ0) is 12.1. The predicted molar refractivity (Wildman–Crippen MR) is 53.0 cm³/mol. The van der Waals surface area contributed by atoms with Crippen molar-refractivity contribution in [2.24, 2.45) is 5.41 Å². The standard InChI is InChI=1S/C10H18O5/c1-7(8(11)14-6-13-5)15-9(12)10(2,3)4/h7H,6H2,1-5H3. The van der Waals surface area contributed by atoms with E-state index in [1.807, 2.05) is 0 Å². The van der Waals surface area contributed by atoms with Gasteiger partial charge in [-0.05, 0) is 27.7 Å². The lowest BCUT2D eigenvalue weighted by Crippen LogP contribution is -2.32. The molecule has 0 amide bonds. The van der Waals surface area contributed by atoms with Crippen molar-refractivity contribution >= 4 is 11.9 Å². The highest BCUT2D eigenvalue weighted by molar-refractivity contribution is 5.81. The monoisotopic (exact) mass is 218 g/mol. The van der Waals surface area contributed by atoms with Gasteiger partial charge in [-0.1, -0.05) is 0 Å². The summed E-state index contributed by atoms with van der Waals surface area (Å²) in [5.41, 5.74) is -0.629. The Balaban J connectivity index is 4.08. The fourth-order valence-corrected chi connectivity index (χ4v) is 0.620. The molecule has 0 heterocycles. The van der Waals surface area contributed by atoms with Crippen molar-refractivity contribution in [1.82, 2.24) is 0 Å². The summed E-state index contributed by atoms with van der Waals surface area (Å²) >= 11 is 0. The van der Waals surface area contributed by atoms with Gasteiger partial charge in [-0.3, -0.25) is 4.79 Å². The molecular formula is C10H18O5. The molecule has 0 spiro atoms. The lowest BCUT2D eigenvalue weighted by Gasteiger charge is -2.19. The third-order valence-electron chi connectivity index (χ3n) is 1.55. The van der Waals surface area contributed by atoms with E-state index in [1.54, 1.807) is 20.8 Å². The van der Waals surface area contributed by atoms with Crippen molar-refractivity contribution in [3.05, 3.63) is 0 Å². The molecule has 0 fully saturated rings. The first kappa shape index (κ1) is 13.9. The first-order valence-electron chi connectivity index (χ1n) is 4.65. The van der Waals surface area contributed by atoms with Crippen molar-refractivity contribution in [3.63, 3.8) is 0 Å². The Morgan fingerprint density at radius 3 is 2.20 bits per heavy atom. The molecule has 0 aliphatic heterocycles. The maximum absolute atomic E-state index is 11.4. The number of carbonyl (C=O) groups excluding carboxylic acids is 2. The maximum atomic E-state index is 11.4. The van der Waals surface area contributed by atoms with Crippen molar-refractivity contribution in [2.75, 3.05) is 13.9 Å². The first-order valence-corrected chi connectivity index (χ1v) is 4.65. The van der Waals surface area contributed by atoms with Crippen LogP contribution in [0.25, 0.3) is 0 Å². The van der Waals surface area contributed by atoms with Crippen LogP contribution in [0.15, 0.2) is 0 Å². The van der Waals surface area contributed by atoms with Crippen molar-refractivity contribution in [3.8, 4) is 0 Å². The number of hydrogen-bond donors (Lipinski definition) is 0. The van der Waals surface area contributed by atoms with Crippen LogP contribution in [0.3, 0.4) is 0 Å². The summed E-state index contributed by atoms with van der Waals surface area (Å²) in [5, 5.41) is 0. The smallest absolute Gasteiger partial charge is 0.349 e. The van der Waals surface area contributed by atoms with Crippen LogP contribution in [0.4, 0.5) is 0 Å². The molecular weight excluding hydrogens is 200 g/mol. The van der Waals surface area contributed by atoms with Crippen LogP contribution in [-0.2, 0) is 23.8 Å². The van der Waals surface area contributed by atoms with Gasteiger partial charge in [-0.2, -0.15) is 0 Å². The molecule has 0 saturated carbocycles. The Hall–Kier alpha value is -1.10. The Morgan fingerprint density at radius 2 is 1.80 bits per heavy atom. The van der Waals surface area contributed by atoms with Gasteiger partial charge >= 0.3 is 11.9 Å². The highest BCUT2D eigenvalue weighted by Crippen LogP contribution is 2.16. The number of rotatable bonds is 4. The number of ether oxygens (including phenoxy) is 3. The zero-order valence-electron chi connectivity index (χ0n) is 9.83. The molecule has 0 aliphatic rings. The highest BCUT2D eigenvalue weighted by atomic mass is 16.7. The minimum absolute atomic E-state index is 0.143. The van der Waals surface area contributed by atoms with Crippen LogP contribution in [-0.4, -0.2) is 31.9 Å². The van der Waals surface area contributed by atoms with Crippen molar-refractivity contribution < 1.29 is 23.8 Å².